The number of nitro groups is 1. The van der Waals surface area contributed by atoms with Gasteiger partial charge in [0, 0.05) is 6.54 Å². The molecule has 0 spiro atoms. The van der Waals surface area contributed by atoms with Gasteiger partial charge < -0.3 is 5.32 Å². The number of unbranched alkanes of at least 4 members (excludes halogenated alkanes) is 1. The topological polar surface area (TPSA) is 68.1 Å². The third-order valence-corrected chi connectivity index (χ3v) is 3.30. The van der Waals surface area contributed by atoms with Gasteiger partial charge in [0.05, 0.1) is 17.1 Å². The lowest BCUT2D eigenvalue weighted by Gasteiger charge is -2.15. The molecule has 19 heavy (non-hydrogen) atoms. The number of hydrogen-bond acceptors (Lipinski definition) is 4. The Hall–Kier alpha value is -1.36. The van der Waals surface area contributed by atoms with Gasteiger partial charge in [0.2, 0.25) is 0 Å². The van der Waals surface area contributed by atoms with E-state index in [0.29, 0.717) is 11.7 Å². The van der Waals surface area contributed by atoms with Crippen molar-refractivity contribution < 1.29 is 4.92 Å². The molecule has 0 bridgehead atoms. The third-order valence-electron chi connectivity index (χ3n) is 3.10. The fourth-order valence-electron chi connectivity index (χ4n) is 1.87. The second-order valence-electron chi connectivity index (χ2n) is 4.59. The summed E-state index contributed by atoms with van der Waals surface area (Å²) < 4.78 is 0. The Bertz CT molecular complexity index is 426. The summed E-state index contributed by atoms with van der Waals surface area (Å²) in [6.45, 7) is 5.08. The van der Waals surface area contributed by atoms with Gasteiger partial charge in [-0.2, -0.15) is 0 Å². The van der Waals surface area contributed by atoms with E-state index in [1.165, 1.54) is 25.0 Å². The molecule has 0 fully saturated rings. The smallest absolute Gasteiger partial charge is 0.276 e. The van der Waals surface area contributed by atoms with Crippen LogP contribution in [0.1, 0.15) is 39.5 Å². The molecule has 0 aromatic carbocycles. The maximum absolute atomic E-state index is 10.7. The quantitative estimate of drug-likeness (QED) is 0.440. The minimum Gasteiger partial charge on any atom is -0.370 e. The number of aromatic nitrogens is 1. The Morgan fingerprint density at radius 1 is 1.47 bits per heavy atom. The molecule has 5 nitrogen and oxygen atoms in total. The van der Waals surface area contributed by atoms with Gasteiger partial charge in [0.1, 0.15) is 11.0 Å². The molecule has 1 heterocycles. The highest BCUT2D eigenvalue weighted by Crippen LogP contribution is 2.21. The van der Waals surface area contributed by atoms with Crippen LogP contribution in [-0.4, -0.2) is 16.5 Å². The Morgan fingerprint density at radius 3 is 2.79 bits per heavy atom. The molecule has 1 unspecified atom stereocenters. The van der Waals surface area contributed by atoms with Gasteiger partial charge >= 0.3 is 0 Å². The maximum atomic E-state index is 10.7. The van der Waals surface area contributed by atoms with Crippen LogP contribution in [0, 0.1) is 16.0 Å². The molecule has 6 heteroatoms. The van der Waals surface area contributed by atoms with E-state index in [1.807, 2.05) is 0 Å². The van der Waals surface area contributed by atoms with Crippen LogP contribution in [0.2, 0.25) is 5.15 Å². The summed E-state index contributed by atoms with van der Waals surface area (Å²) in [5.74, 6) is 1.02. The lowest BCUT2D eigenvalue weighted by molar-refractivity contribution is -0.384. The van der Waals surface area contributed by atoms with Crippen molar-refractivity contribution in [3.63, 3.8) is 0 Å². The zero-order chi connectivity index (χ0) is 14.3. The van der Waals surface area contributed by atoms with E-state index in [-0.39, 0.29) is 10.8 Å². The second kappa shape index (κ2) is 7.94. The standard InChI is InChI=1S/C13H20ClN3O2/c1-3-5-6-10(4-2)9-15-13-8-11(17(18)19)7-12(14)16-13/h7-8,10H,3-6,9H2,1-2H3,(H,15,16). The number of nitrogens with one attached hydrogen (secondary N) is 1. The monoisotopic (exact) mass is 285 g/mol. The fraction of sp³-hybridized carbons (Fsp3) is 0.615. The Morgan fingerprint density at radius 2 is 2.21 bits per heavy atom. The van der Waals surface area contributed by atoms with Crippen LogP contribution in [0.25, 0.3) is 0 Å². The molecule has 0 amide bonds. The van der Waals surface area contributed by atoms with Gasteiger partial charge in [-0.15, -0.1) is 0 Å². The molecule has 0 saturated carbocycles. The maximum Gasteiger partial charge on any atom is 0.276 e. The van der Waals surface area contributed by atoms with Crippen LogP contribution in [0.4, 0.5) is 11.5 Å². The Kier molecular flexibility index (Phi) is 6.56. The van der Waals surface area contributed by atoms with Crippen LogP contribution in [0.15, 0.2) is 12.1 Å². The highest BCUT2D eigenvalue weighted by molar-refractivity contribution is 6.29. The van der Waals surface area contributed by atoms with Crippen molar-refractivity contribution in [3.05, 3.63) is 27.4 Å². The van der Waals surface area contributed by atoms with Crippen LogP contribution in [0.5, 0.6) is 0 Å². The SMILES string of the molecule is CCCCC(CC)CNc1cc([N+](=O)[O-])cc(Cl)n1. The molecule has 0 radical (unpaired) electrons. The van der Waals surface area contributed by atoms with Crippen molar-refractivity contribution in [2.75, 3.05) is 11.9 Å². The van der Waals surface area contributed by atoms with Crippen molar-refractivity contribution in [2.45, 2.75) is 39.5 Å². The highest BCUT2D eigenvalue weighted by atomic mass is 35.5. The molecule has 0 aliphatic heterocycles. The van der Waals surface area contributed by atoms with Crippen molar-refractivity contribution in [1.82, 2.24) is 4.98 Å². The summed E-state index contributed by atoms with van der Waals surface area (Å²) in [7, 11) is 0. The van der Waals surface area contributed by atoms with Crippen LogP contribution in [-0.2, 0) is 0 Å². The number of nitrogens with zero attached hydrogens (tertiary/aromatic N) is 2. The van der Waals surface area contributed by atoms with Crippen molar-refractivity contribution in [3.8, 4) is 0 Å². The lowest BCUT2D eigenvalue weighted by atomic mass is 9.99. The van der Waals surface area contributed by atoms with Gasteiger partial charge in [-0.25, -0.2) is 4.98 Å². The first-order valence-electron chi connectivity index (χ1n) is 6.62. The van der Waals surface area contributed by atoms with Crippen LogP contribution in [0.3, 0.4) is 0 Å². The first-order valence-corrected chi connectivity index (χ1v) is 7.00. The van der Waals surface area contributed by atoms with Gasteiger partial charge in [-0.3, -0.25) is 10.1 Å². The number of pyridine rings is 1. The van der Waals surface area contributed by atoms with Gasteiger partial charge in [-0.05, 0) is 12.3 Å². The van der Waals surface area contributed by atoms with Crippen molar-refractivity contribution in [1.29, 1.82) is 0 Å². The predicted octanol–water partition coefficient (Wildman–Crippen LogP) is 4.27. The van der Waals surface area contributed by atoms with Crippen molar-refractivity contribution in [2.24, 2.45) is 5.92 Å². The van der Waals surface area contributed by atoms with Gasteiger partial charge in [-0.1, -0.05) is 44.7 Å². The molecule has 1 aromatic heterocycles. The highest BCUT2D eigenvalue weighted by Gasteiger charge is 2.11. The molecule has 0 aliphatic rings. The minimum atomic E-state index is -0.465. The summed E-state index contributed by atoms with van der Waals surface area (Å²) in [6.07, 6.45) is 4.61. The molecule has 1 atom stereocenters. The molecular weight excluding hydrogens is 266 g/mol. The van der Waals surface area contributed by atoms with E-state index in [9.17, 15) is 10.1 Å². The number of hydrogen-bond donors (Lipinski definition) is 1. The third kappa shape index (κ3) is 5.42. The number of anilines is 1. The summed E-state index contributed by atoms with van der Waals surface area (Å²) in [4.78, 5) is 14.3. The summed E-state index contributed by atoms with van der Waals surface area (Å²) >= 11 is 5.77. The molecule has 1 N–H and O–H groups in total. The predicted molar refractivity (Wildman–Crippen MR) is 77.7 cm³/mol. The normalized spacial score (nSPS) is 12.2. The summed E-state index contributed by atoms with van der Waals surface area (Å²) in [6, 6.07) is 2.67. The zero-order valence-corrected chi connectivity index (χ0v) is 12.1. The van der Waals surface area contributed by atoms with Gasteiger partial charge in [0.15, 0.2) is 0 Å². The summed E-state index contributed by atoms with van der Waals surface area (Å²) in [5, 5.41) is 14.0. The first-order chi connectivity index (χ1) is 9.06. The molecular formula is C13H20ClN3O2. The van der Waals surface area contributed by atoms with E-state index < -0.39 is 4.92 Å². The second-order valence-corrected chi connectivity index (χ2v) is 4.98. The fourth-order valence-corrected chi connectivity index (χ4v) is 2.07. The average molecular weight is 286 g/mol. The molecule has 1 aromatic rings. The van der Waals surface area contributed by atoms with E-state index in [2.05, 4.69) is 24.1 Å². The van der Waals surface area contributed by atoms with E-state index in [0.717, 1.165) is 19.4 Å². The van der Waals surface area contributed by atoms with Crippen LogP contribution >= 0.6 is 11.6 Å². The lowest BCUT2D eigenvalue weighted by Crippen LogP contribution is -2.14. The zero-order valence-electron chi connectivity index (χ0n) is 11.4. The molecule has 106 valence electrons. The van der Waals surface area contributed by atoms with E-state index in [1.54, 1.807) is 0 Å². The van der Waals surface area contributed by atoms with E-state index in [4.69, 9.17) is 11.6 Å². The van der Waals surface area contributed by atoms with Gasteiger partial charge in [0.25, 0.3) is 5.69 Å². The first kappa shape index (κ1) is 15.7. The number of halogens is 1. The summed E-state index contributed by atoms with van der Waals surface area (Å²) in [5.41, 5.74) is -0.0379. The average Bonchev–Trinajstić information content (AvgIpc) is 2.38. The molecule has 0 saturated heterocycles. The largest absolute Gasteiger partial charge is 0.370 e. The molecule has 0 aliphatic carbocycles. The molecule has 1 rings (SSSR count). The Labute approximate surface area is 118 Å². The van der Waals surface area contributed by atoms with Crippen molar-refractivity contribution >= 4 is 23.1 Å². The van der Waals surface area contributed by atoms with E-state index >= 15 is 0 Å². The Balaban J connectivity index is 2.63. The number of rotatable bonds is 8. The minimum absolute atomic E-state index is 0.0379. The van der Waals surface area contributed by atoms with Crippen LogP contribution < -0.4 is 5.32 Å².